The summed E-state index contributed by atoms with van der Waals surface area (Å²) in [5.74, 6) is 2.23. The van der Waals surface area contributed by atoms with Crippen LogP contribution in [0.2, 0.25) is 0 Å². The second-order valence-electron chi connectivity index (χ2n) is 5.53. The SMILES string of the molecule is Cc1ccc(CC(CCl)CCCC(C)C)cc1. The largest absolute Gasteiger partial charge is 0.126 e. The van der Waals surface area contributed by atoms with Crippen LogP contribution in [0, 0.1) is 18.8 Å². The smallest absolute Gasteiger partial charge is 0.0254 e. The molecular formula is C16H25Cl. The Kier molecular flexibility index (Phi) is 6.65. The van der Waals surface area contributed by atoms with E-state index >= 15 is 0 Å². The summed E-state index contributed by atoms with van der Waals surface area (Å²) >= 11 is 6.06. The normalized spacial score (nSPS) is 13.0. The van der Waals surface area contributed by atoms with Gasteiger partial charge in [0.15, 0.2) is 0 Å². The van der Waals surface area contributed by atoms with Gasteiger partial charge in [0, 0.05) is 5.88 Å². The highest BCUT2D eigenvalue weighted by atomic mass is 35.5. The highest BCUT2D eigenvalue weighted by molar-refractivity contribution is 6.18. The van der Waals surface area contributed by atoms with Crippen molar-refractivity contribution in [2.75, 3.05) is 5.88 Å². The fraction of sp³-hybridized carbons (Fsp3) is 0.625. The average Bonchev–Trinajstić information content (AvgIpc) is 2.30. The van der Waals surface area contributed by atoms with E-state index in [2.05, 4.69) is 45.0 Å². The predicted molar refractivity (Wildman–Crippen MR) is 77.8 cm³/mol. The van der Waals surface area contributed by atoms with E-state index in [4.69, 9.17) is 11.6 Å². The van der Waals surface area contributed by atoms with Crippen molar-refractivity contribution in [3.8, 4) is 0 Å². The first-order valence-corrected chi connectivity index (χ1v) is 7.26. The van der Waals surface area contributed by atoms with Crippen LogP contribution >= 0.6 is 11.6 Å². The van der Waals surface area contributed by atoms with E-state index in [1.54, 1.807) is 0 Å². The lowest BCUT2D eigenvalue weighted by Gasteiger charge is -2.14. The molecule has 1 unspecified atom stereocenters. The molecule has 0 bridgehead atoms. The maximum atomic E-state index is 6.06. The Morgan fingerprint density at radius 2 is 1.71 bits per heavy atom. The van der Waals surface area contributed by atoms with Gasteiger partial charge < -0.3 is 0 Å². The fourth-order valence-corrected chi connectivity index (χ4v) is 2.37. The molecule has 0 spiro atoms. The van der Waals surface area contributed by atoms with E-state index in [0.29, 0.717) is 5.92 Å². The second kappa shape index (κ2) is 7.76. The highest BCUT2D eigenvalue weighted by Gasteiger charge is 2.08. The number of alkyl halides is 1. The van der Waals surface area contributed by atoms with Crippen LogP contribution in [0.1, 0.15) is 44.2 Å². The molecule has 0 N–H and O–H groups in total. The standard InChI is InChI=1S/C16H25Cl/c1-13(2)5-4-6-16(12-17)11-15-9-7-14(3)8-10-15/h7-10,13,16H,4-6,11-12H2,1-3H3. The molecule has 0 saturated heterocycles. The Labute approximate surface area is 111 Å². The molecule has 96 valence electrons. The minimum absolute atomic E-state index is 0.637. The van der Waals surface area contributed by atoms with Crippen LogP contribution in [0.3, 0.4) is 0 Å². The molecule has 0 amide bonds. The van der Waals surface area contributed by atoms with Gasteiger partial charge in [0.05, 0.1) is 0 Å². The Hall–Kier alpha value is -0.490. The summed E-state index contributed by atoms with van der Waals surface area (Å²) in [6.45, 7) is 6.71. The summed E-state index contributed by atoms with van der Waals surface area (Å²) < 4.78 is 0. The molecule has 0 aliphatic heterocycles. The number of hydrogen-bond acceptors (Lipinski definition) is 0. The van der Waals surface area contributed by atoms with E-state index in [-0.39, 0.29) is 0 Å². The van der Waals surface area contributed by atoms with Crippen LogP contribution in [0.5, 0.6) is 0 Å². The van der Waals surface area contributed by atoms with Gasteiger partial charge in [-0.3, -0.25) is 0 Å². The molecular weight excluding hydrogens is 228 g/mol. The van der Waals surface area contributed by atoms with Gasteiger partial charge in [-0.1, -0.05) is 56.5 Å². The minimum Gasteiger partial charge on any atom is -0.126 e. The number of halogens is 1. The quantitative estimate of drug-likeness (QED) is 0.584. The van der Waals surface area contributed by atoms with Crippen LogP contribution in [0.15, 0.2) is 24.3 Å². The van der Waals surface area contributed by atoms with E-state index < -0.39 is 0 Å². The molecule has 0 nitrogen and oxygen atoms in total. The van der Waals surface area contributed by atoms with Gasteiger partial charge >= 0.3 is 0 Å². The summed E-state index contributed by atoms with van der Waals surface area (Å²) in [5, 5.41) is 0. The Morgan fingerprint density at radius 3 is 2.24 bits per heavy atom. The number of benzene rings is 1. The topological polar surface area (TPSA) is 0 Å². The Bertz CT molecular complexity index is 300. The molecule has 0 aliphatic rings. The molecule has 0 aliphatic carbocycles. The third-order valence-electron chi connectivity index (χ3n) is 3.26. The Morgan fingerprint density at radius 1 is 1.06 bits per heavy atom. The second-order valence-corrected chi connectivity index (χ2v) is 5.84. The van der Waals surface area contributed by atoms with Crippen molar-refractivity contribution < 1.29 is 0 Å². The van der Waals surface area contributed by atoms with Gasteiger partial charge in [0.25, 0.3) is 0 Å². The van der Waals surface area contributed by atoms with E-state index in [0.717, 1.165) is 18.2 Å². The van der Waals surface area contributed by atoms with E-state index in [9.17, 15) is 0 Å². The molecule has 0 fully saturated rings. The predicted octanol–water partition coefficient (Wildman–Crippen LogP) is 5.22. The molecule has 0 aromatic heterocycles. The van der Waals surface area contributed by atoms with Crippen molar-refractivity contribution in [2.45, 2.75) is 46.5 Å². The summed E-state index contributed by atoms with van der Waals surface area (Å²) in [4.78, 5) is 0. The number of rotatable bonds is 7. The first-order chi connectivity index (χ1) is 8.11. The van der Waals surface area contributed by atoms with Crippen LogP contribution in [0.4, 0.5) is 0 Å². The molecule has 17 heavy (non-hydrogen) atoms. The maximum Gasteiger partial charge on any atom is 0.0254 e. The summed E-state index contributed by atoms with van der Waals surface area (Å²) in [5.41, 5.74) is 2.75. The zero-order valence-corrected chi connectivity index (χ0v) is 12.1. The average molecular weight is 253 g/mol. The number of hydrogen-bond donors (Lipinski definition) is 0. The van der Waals surface area contributed by atoms with E-state index in [1.807, 2.05) is 0 Å². The zero-order valence-electron chi connectivity index (χ0n) is 11.4. The van der Waals surface area contributed by atoms with Crippen molar-refractivity contribution in [1.82, 2.24) is 0 Å². The lowest BCUT2D eigenvalue weighted by molar-refractivity contribution is 0.459. The van der Waals surface area contributed by atoms with Gasteiger partial charge in [-0.15, -0.1) is 11.6 Å². The Balaban J connectivity index is 2.38. The monoisotopic (exact) mass is 252 g/mol. The molecule has 0 radical (unpaired) electrons. The van der Waals surface area contributed by atoms with Gasteiger partial charge in [-0.25, -0.2) is 0 Å². The van der Waals surface area contributed by atoms with Crippen molar-refractivity contribution in [1.29, 1.82) is 0 Å². The first-order valence-electron chi connectivity index (χ1n) is 6.73. The van der Waals surface area contributed by atoms with Crippen LogP contribution in [-0.4, -0.2) is 5.88 Å². The molecule has 1 rings (SSSR count). The van der Waals surface area contributed by atoms with Crippen molar-refractivity contribution in [3.05, 3.63) is 35.4 Å². The first kappa shape index (κ1) is 14.6. The van der Waals surface area contributed by atoms with Crippen molar-refractivity contribution in [2.24, 2.45) is 11.8 Å². The van der Waals surface area contributed by atoms with Gasteiger partial charge in [-0.05, 0) is 37.2 Å². The van der Waals surface area contributed by atoms with Gasteiger partial charge in [0.1, 0.15) is 0 Å². The fourth-order valence-electron chi connectivity index (χ4n) is 2.11. The van der Waals surface area contributed by atoms with Crippen LogP contribution < -0.4 is 0 Å². The third-order valence-corrected chi connectivity index (χ3v) is 3.69. The summed E-state index contributed by atoms with van der Waals surface area (Å²) in [6, 6.07) is 8.85. The summed E-state index contributed by atoms with van der Waals surface area (Å²) in [6.07, 6.45) is 5.01. The van der Waals surface area contributed by atoms with Gasteiger partial charge in [-0.2, -0.15) is 0 Å². The molecule has 1 aromatic rings. The summed E-state index contributed by atoms with van der Waals surface area (Å²) in [7, 11) is 0. The zero-order chi connectivity index (χ0) is 12.7. The van der Waals surface area contributed by atoms with Gasteiger partial charge in [0.2, 0.25) is 0 Å². The molecule has 0 saturated carbocycles. The number of aryl methyl sites for hydroxylation is 1. The minimum atomic E-state index is 0.637. The molecule has 1 heteroatoms. The van der Waals surface area contributed by atoms with Crippen LogP contribution in [-0.2, 0) is 6.42 Å². The third kappa shape index (κ3) is 6.12. The molecule has 1 atom stereocenters. The lowest BCUT2D eigenvalue weighted by atomic mass is 9.93. The molecule has 0 heterocycles. The van der Waals surface area contributed by atoms with Crippen molar-refractivity contribution >= 4 is 11.6 Å². The lowest BCUT2D eigenvalue weighted by Crippen LogP contribution is -2.07. The highest BCUT2D eigenvalue weighted by Crippen LogP contribution is 2.19. The van der Waals surface area contributed by atoms with Crippen molar-refractivity contribution in [3.63, 3.8) is 0 Å². The maximum absolute atomic E-state index is 6.06. The van der Waals surface area contributed by atoms with Crippen LogP contribution in [0.25, 0.3) is 0 Å². The van der Waals surface area contributed by atoms with E-state index in [1.165, 1.54) is 30.4 Å². The molecule has 1 aromatic carbocycles.